The lowest BCUT2D eigenvalue weighted by atomic mass is 9.95. The highest BCUT2D eigenvalue weighted by molar-refractivity contribution is 6.51. The quantitative estimate of drug-likeness (QED) is 0.290. The van der Waals surface area contributed by atoms with E-state index in [9.17, 15) is 19.5 Å². The highest BCUT2D eigenvalue weighted by Gasteiger charge is 2.46. The van der Waals surface area contributed by atoms with Gasteiger partial charge < -0.3 is 10.4 Å². The van der Waals surface area contributed by atoms with Crippen molar-refractivity contribution in [2.45, 2.75) is 13.0 Å². The van der Waals surface area contributed by atoms with Gasteiger partial charge in [0.25, 0.3) is 11.7 Å². The average molecular weight is 481 g/mol. The van der Waals surface area contributed by atoms with Crippen LogP contribution in [0, 0.1) is 0 Å². The Labute approximate surface area is 200 Å². The van der Waals surface area contributed by atoms with Gasteiger partial charge in [0, 0.05) is 33.9 Å². The second-order valence-corrected chi connectivity index (χ2v) is 8.33. The van der Waals surface area contributed by atoms with Gasteiger partial charge in [-0.3, -0.25) is 19.3 Å². The molecule has 0 aromatic heterocycles. The minimum atomic E-state index is -0.885. The number of ketones is 1. The predicted octanol–water partition coefficient (Wildman–Crippen LogP) is 5.58. The number of aliphatic hydroxyl groups excluding tert-OH is 1. The van der Waals surface area contributed by atoms with Crippen LogP contribution in [0.3, 0.4) is 0 Å². The van der Waals surface area contributed by atoms with Crippen LogP contribution in [-0.4, -0.2) is 22.7 Å². The Morgan fingerprint density at radius 2 is 1.42 bits per heavy atom. The first-order valence-corrected chi connectivity index (χ1v) is 10.7. The van der Waals surface area contributed by atoms with Crippen molar-refractivity contribution in [1.29, 1.82) is 0 Å². The van der Waals surface area contributed by atoms with E-state index in [4.69, 9.17) is 23.2 Å². The topological polar surface area (TPSA) is 86.7 Å². The van der Waals surface area contributed by atoms with Crippen molar-refractivity contribution >= 4 is 57.9 Å². The van der Waals surface area contributed by atoms with Crippen molar-refractivity contribution in [2.24, 2.45) is 0 Å². The molecule has 33 heavy (non-hydrogen) atoms. The fourth-order valence-electron chi connectivity index (χ4n) is 3.73. The lowest BCUT2D eigenvalue weighted by molar-refractivity contribution is -0.132. The third kappa shape index (κ3) is 4.49. The molecule has 2 amide bonds. The largest absolute Gasteiger partial charge is 0.507 e. The van der Waals surface area contributed by atoms with Gasteiger partial charge in [-0.1, -0.05) is 35.3 Å². The summed E-state index contributed by atoms with van der Waals surface area (Å²) >= 11 is 12.0. The minimum absolute atomic E-state index is 0.0458. The van der Waals surface area contributed by atoms with Gasteiger partial charge in [0.05, 0.1) is 11.6 Å². The van der Waals surface area contributed by atoms with Crippen molar-refractivity contribution in [2.75, 3.05) is 10.2 Å². The fourth-order valence-corrected chi connectivity index (χ4v) is 3.98. The van der Waals surface area contributed by atoms with Crippen molar-refractivity contribution in [3.8, 4) is 0 Å². The summed E-state index contributed by atoms with van der Waals surface area (Å²) in [4.78, 5) is 38.9. The van der Waals surface area contributed by atoms with Crippen LogP contribution in [0.1, 0.15) is 24.1 Å². The van der Waals surface area contributed by atoms with E-state index in [2.05, 4.69) is 5.32 Å². The molecule has 1 aliphatic rings. The van der Waals surface area contributed by atoms with Crippen molar-refractivity contribution in [3.63, 3.8) is 0 Å². The molecule has 4 rings (SSSR count). The normalized spacial score (nSPS) is 17.3. The Hall–Kier alpha value is -3.61. The van der Waals surface area contributed by atoms with E-state index in [0.717, 1.165) is 0 Å². The zero-order valence-corrected chi connectivity index (χ0v) is 18.9. The molecular formula is C25H18Cl2N2O4. The summed E-state index contributed by atoms with van der Waals surface area (Å²) in [6.45, 7) is 1.39. The number of amides is 2. The molecule has 0 radical (unpaired) electrons. The van der Waals surface area contributed by atoms with Crippen LogP contribution < -0.4 is 10.2 Å². The predicted molar refractivity (Wildman–Crippen MR) is 128 cm³/mol. The van der Waals surface area contributed by atoms with Crippen LogP contribution in [0.4, 0.5) is 11.4 Å². The Bertz CT molecular complexity index is 1270. The first-order chi connectivity index (χ1) is 15.8. The second-order valence-electron chi connectivity index (χ2n) is 7.46. The van der Waals surface area contributed by atoms with E-state index in [1.807, 2.05) is 0 Å². The molecule has 1 heterocycles. The van der Waals surface area contributed by atoms with Gasteiger partial charge >= 0.3 is 0 Å². The highest BCUT2D eigenvalue weighted by atomic mass is 35.5. The highest BCUT2D eigenvalue weighted by Crippen LogP contribution is 2.42. The summed E-state index contributed by atoms with van der Waals surface area (Å²) in [5.41, 5.74) is 1.89. The molecule has 1 aliphatic heterocycles. The van der Waals surface area contributed by atoms with Crippen LogP contribution in [0.25, 0.3) is 5.76 Å². The molecule has 2 N–H and O–H groups in total. The van der Waals surface area contributed by atoms with Gasteiger partial charge in [-0.2, -0.15) is 0 Å². The Balaban J connectivity index is 1.87. The molecule has 8 heteroatoms. The Morgan fingerprint density at radius 3 is 1.97 bits per heavy atom. The van der Waals surface area contributed by atoms with E-state index in [-0.39, 0.29) is 17.2 Å². The third-order valence-corrected chi connectivity index (χ3v) is 5.72. The maximum absolute atomic E-state index is 13.1. The number of carbonyl (C=O) groups excluding carboxylic acids is 3. The number of carbonyl (C=O) groups is 3. The van der Waals surface area contributed by atoms with Gasteiger partial charge in [-0.05, 0) is 66.2 Å². The average Bonchev–Trinajstić information content (AvgIpc) is 3.05. The molecule has 1 fully saturated rings. The van der Waals surface area contributed by atoms with Crippen LogP contribution in [0.15, 0.2) is 78.4 Å². The molecule has 3 aromatic rings. The van der Waals surface area contributed by atoms with Crippen molar-refractivity contribution in [3.05, 3.63) is 99.5 Å². The van der Waals surface area contributed by atoms with Crippen LogP contribution in [0.5, 0.6) is 0 Å². The number of aliphatic hydroxyl groups is 1. The zero-order valence-electron chi connectivity index (χ0n) is 17.4. The summed E-state index contributed by atoms with van der Waals surface area (Å²) in [5, 5.41) is 14.7. The first-order valence-electron chi connectivity index (χ1n) is 9.96. The number of rotatable bonds is 4. The number of anilines is 2. The molecule has 0 aliphatic carbocycles. The number of nitrogens with zero attached hydrogens (tertiary/aromatic N) is 1. The molecular weight excluding hydrogens is 463 g/mol. The SMILES string of the molecule is CC(=O)Nc1ccc(N2C(=O)C(=O)C(=C(O)c3ccc(Cl)cc3)[C@@H]2c2ccc(Cl)cc2)cc1. The van der Waals surface area contributed by atoms with E-state index in [1.54, 1.807) is 72.8 Å². The summed E-state index contributed by atoms with van der Waals surface area (Å²) < 4.78 is 0. The number of halogens is 2. The summed E-state index contributed by atoms with van der Waals surface area (Å²) in [6, 6.07) is 18.7. The standard InChI is InChI=1S/C25H18Cl2N2O4/c1-14(30)28-19-10-12-20(13-11-19)29-22(15-2-6-17(26)7-3-15)21(24(32)25(29)33)23(31)16-4-8-18(27)9-5-16/h2-13,22,31H,1H3,(H,28,30)/t22-/m0/s1. The van der Waals surface area contributed by atoms with E-state index >= 15 is 0 Å². The number of hydrogen-bond acceptors (Lipinski definition) is 4. The lowest BCUT2D eigenvalue weighted by Gasteiger charge is -2.25. The summed E-state index contributed by atoms with van der Waals surface area (Å²) in [6.07, 6.45) is 0. The first kappa shape index (κ1) is 22.6. The molecule has 6 nitrogen and oxygen atoms in total. The Kier molecular flexibility index (Phi) is 6.22. The van der Waals surface area contributed by atoms with E-state index in [0.29, 0.717) is 32.5 Å². The maximum Gasteiger partial charge on any atom is 0.300 e. The second kappa shape index (κ2) is 9.10. The zero-order chi connectivity index (χ0) is 23.7. The molecule has 0 unspecified atom stereocenters. The lowest BCUT2D eigenvalue weighted by Crippen LogP contribution is -2.29. The smallest absolute Gasteiger partial charge is 0.300 e. The molecule has 166 valence electrons. The number of Topliss-reactive ketones (excluding diaryl/α,β-unsaturated/α-hetero) is 1. The van der Waals surface area contributed by atoms with Crippen LogP contribution in [-0.2, 0) is 14.4 Å². The number of nitrogens with one attached hydrogen (secondary N) is 1. The van der Waals surface area contributed by atoms with Crippen molar-refractivity contribution < 1.29 is 19.5 Å². The van der Waals surface area contributed by atoms with Crippen LogP contribution in [0.2, 0.25) is 10.0 Å². The van der Waals surface area contributed by atoms with E-state index in [1.165, 1.54) is 11.8 Å². The van der Waals surface area contributed by atoms with Crippen LogP contribution >= 0.6 is 23.2 Å². The van der Waals surface area contributed by atoms with Gasteiger partial charge in [0.15, 0.2) is 0 Å². The number of benzene rings is 3. The van der Waals surface area contributed by atoms with Gasteiger partial charge in [-0.25, -0.2) is 0 Å². The molecule has 0 saturated carbocycles. The fraction of sp³-hybridized carbons (Fsp3) is 0.0800. The monoisotopic (exact) mass is 480 g/mol. The Morgan fingerprint density at radius 1 is 0.879 bits per heavy atom. The molecule has 1 atom stereocenters. The third-order valence-electron chi connectivity index (χ3n) is 5.21. The summed E-state index contributed by atoms with van der Waals surface area (Å²) in [5.74, 6) is -2.12. The summed E-state index contributed by atoms with van der Waals surface area (Å²) in [7, 11) is 0. The van der Waals surface area contributed by atoms with Gasteiger partial charge in [0.1, 0.15) is 5.76 Å². The molecule has 3 aromatic carbocycles. The molecule has 0 bridgehead atoms. The maximum atomic E-state index is 13.1. The van der Waals surface area contributed by atoms with Crippen molar-refractivity contribution in [1.82, 2.24) is 0 Å². The van der Waals surface area contributed by atoms with Gasteiger partial charge in [-0.15, -0.1) is 0 Å². The molecule has 0 spiro atoms. The number of hydrogen-bond donors (Lipinski definition) is 2. The van der Waals surface area contributed by atoms with E-state index < -0.39 is 17.7 Å². The minimum Gasteiger partial charge on any atom is -0.507 e. The molecule has 1 saturated heterocycles. The van der Waals surface area contributed by atoms with Gasteiger partial charge in [0.2, 0.25) is 5.91 Å².